The predicted molar refractivity (Wildman–Crippen MR) is 92.5 cm³/mol. The number of nitrogens with zero attached hydrogens (tertiary/aromatic N) is 2. The zero-order valence-electron chi connectivity index (χ0n) is 13.6. The Bertz CT molecular complexity index is 770. The fourth-order valence-electron chi connectivity index (χ4n) is 2.35. The Balaban J connectivity index is 2.27. The molecular formula is C16H22N4O4. The van der Waals surface area contributed by atoms with Crippen molar-refractivity contribution >= 4 is 11.5 Å². The minimum absolute atomic E-state index is 0.0611. The van der Waals surface area contributed by atoms with Gasteiger partial charge in [-0.2, -0.15) is 0 Å². The van der Waals surface area contributed by atoms with Crippen LogP contribution in [-0.2, 0) is 11.3 Å². The lowest BCUT2D eigenvalue weighted by atomic mass is 10.2. The quantitative estimate of drug-likeness (QED) is 0.567. The first-order valence-electron chi connectivity index (χ1n) is 7.61. The van der Waals surface area contributed by atoms with Crippen LogP contribution < -0.4 is 21.9 Å². The van der Waals surface area contributed by atoms with E-state index in [0.29, 0.717) is 13.2 Å². The van der Waals surface area contributed by atoms with Crippen LogP contribution in [0.15, 0.2) is 39.9 Å². The summed E-state index contributed by atoms with van der Waals surface area (Å²) in [7, 11) is 1.70. The van der Waals surface area contributed by atoms with Gasteiger partial charge in [-0.1, -0.05) is 30.3 Å². The molecule has 0 saturated carbocycles. The van der Waals surface area contributed by atoms with Crippen molar-refractivity contribution in [3.05, 3.63) is 56.7 Å². The number of benzene rings is 1. The maximum atomic E-state index is 12.1. The number of H-pyrrole nitrogens is 1. The highest BCUT2D eigenvalue weighted by Gasteiger charge is 2.16. The topological polar surface area (TPSA) is 114 Å². The molecule has 0 aliphatic carbocycles. The molecule has 0 aliphatic rings. The summed E-state index contributed by atoms with van der Waals surface area (Å²) >= 11 is 0. The van der Waals surface area contributed by atoms with Crippen LogP contribution in [0.3, 0.4) is 0 Å². The summed E-state index contributed by atoms with van der Waals surface area (Å²) in [6.45, 7) is 1.16. The van der Waals surface area contributed by atoms with E-state index in [1.807, 2.05) is 30.3 Å². The fraction of sp³-hybridized carbons (Fsp3) is 0.375. The van der Waals surface area contributed by atoms with Crippen molar-refractivity contribution < 1.29 is 9.84 Å². The van der Waals surface area contributed by atoms with Gasteiger partial charge >= 0.3 is 5.69 Å². The number of likely N-dealkylation sites (N-methyl/N-ethyl adjacent to an activating group) is 1. The first-order valence-corrected chi connectivity index (χ1v) is 7.61. The fourth-order valence-corrected chi connectivity index (χ4v) is 2.35. The van der Waals surface area contributed by atoms with Crippen molar-refractivity contribution in [2.45, 2.75) is 6.54 Å². The number of anilines is 2. The Hall–Kier alpha value is -2.58. The number of ether oxygens (including phenoxy) is 1. The number of nitrogens with one attached hydrogen (secondary N) is 1. The van der Waals surface area contributed by atoms with E-state index in [1.54, 1.807) is 11.9 Å². The Morgan fingerprint density at radius 3 is 2.62 bits per heavy atom. The van der Waals surface area contributed by atoms with Gasteiger partial charge in [-0.3, -0.25) is 14.3 Å². The van der Waals surface area contributed by atoms with Crippen LogP contribution in [0, 0.1) is 0 Å². The minimum atomic E-state index is -0.546. The summed E-state index contributed by atoms with van der Waals surface area (Å²) in [5.74, 6) is 0.109. The molecule has 0 fully saturated rings. The standard InChI is InChI=1S/C16H22N4O4/c1-19(7-9-24-10-8-21)13-14(17)20(16(23)18-15(13)22)11-12-5-3-2-4-6-12/h2-6,21H,7-11,17H2,1H3,(H,18,22,23). The average Bonchev–Trinajstić information content (AvgIpc) is 2.56. The second-order valence-electron chi connectivity index (χ2n) is 5.32. The lowest BCUT2D eigenvalue weighted by Crippen LogP contribution is -2.38. The van der Waals surface area contributed by atoms with Crippen molar-refractivity contribution in [1.82, 2.24) is 9.55 Å². The van der Waals surface area contributed by atoms with Crippen LogP contribution >= 0.6 is 0 Å². The van der Waals surface area contributed by atoms with Crippen LogP contribution in [0.2, 0.25) is 0 Å². The second kappa shape index (κ2) is 8.32. The van der Waals surface area contributed by atoms with Gasteiger partial charge in [0.2, 0.25) is 0 Å². The number of hydrogen-bond donors (Lipinski definition) is 3. The van der Waals surface area contributed by atoms with Gasteiger partial charge in [0.25, 0.3) is 5.56 Å². The number of aromatic nitrogens is 2. The van der Waals surface area contributed by atoms with Crippen molar-refractivity contribution in [3.63, 3.8) is 0 Å². The molecule has 24 heavy (non-hydrogen) atoms. The third-order valence-corrected chi connectivity index (χ3v) is 3.59. The molecule has 0 bridgehead atoms. The molecule has 0 amide bonds. The molecule has 1 aromatic carbocycles. The summed E-state index contributed by atoms with van der Waals surface area (Å²) < 4.78 is 6.52. The Morgan fingerprint density at radius 2 is 1.96 bits per heavy atom. The monoisotopic (exact) mass is 334 g/mol. The maximum absolute atomic E-state index is 12.1. The summed E-state index contributed by atoms with van der Waals surface area (Å²) in [5, 5.41) is 8.69. The highest BCUT2D eigenvalue weighted by atomic mass is 16.5. The molecule has 8 nitrogen and oxygen atoms in total. The lowest BCUT2D eigenvalue weighted by molar-refractivity contribution is 0.0971. The van der Waals surface area contributed by atoms with Crippen LogP contribution in [0.1, 0.15) is 5.56 Å². The minimum Gasteiger partial charge on any atom is -0.394 e. The van der Waals surface area contributed by atoms with E-state index in [1.165, 1.54) is 4.57 Å². The molecule has 1 aromatic heterocycles. The summed E-state index contributed by atoms with van der Waals surface area (Å²) in [6.07, 6.45) is 0. The molecule has 2 rings (SSSR count). The zero-order chi connectivity index (χ0) is 17.5. The number of hydrogen-bond acceptors (Lipinski definition) is 6. The smallest absolute Gasteiger partial charge is 0.330 e. The number of aromatic amines is 1. The van der Waals surface area contributed by atoms with Gasteiger partial charge in [0.15, 0.2) is 0 Å². The van der Waals surface area contributed by atoms with Gasteiger partial charge in [0, 0.05) is 13.6 Å². The molecule has 0 saturated heterocycles. The van der Waals surface area contributed by atoms with Gasteiger partial charge in [0.05, 0.1) is 26.4 Å². The Labute approximate surface area is 139 Å². The van der Waals surface area contributed by atoms with E-state index >= 15 is 0 Å². The lowest BCUT2D eigenvalue weighted by Gasteiger charge is -2.21. The van der Waals surface area contributed by atoms with E-state index in [-0.39, 0.29) is 31.3 Å². The van der Waals surface area contributed by atoms with E-state index in [4.69, 9.17) is 15.6 Å². The molecule has 2 aromatic rings. The highest BCUT2D eigenvalue weighted by Crippen LogP contribution is 2.15. The molecule has 0 unspecified atom stereocenters. The molecule has 1 heterocycles. The second-order valence-corrected chi connectivity index (χ2v) is 5.32. The van der Waals surface area contributed by atoms with E-state index < -0.39 is 11.2 Å². The SMILES string of the molecule is CN(CCOCCO)c1c(N)n(Cc2ccccc2)c(=O)[nH]c1=O. The van der Waals surface area contributed by atoms with Crippen LogP contribution in [-0.4, -0.2) is 48.1 Å². The summed E-state index contributed by atoms with van der Waals surface area (Å²) in [4.78, 5) is 28.2. The number of aliphatic hydroxyl groups is 1. The van der Waals surface area contributed by atoms with Gasteiger partial charge in [-0.25, -0.2) is 4.79 Å². The van der Waals surface area contributed by atoms with Crippen molar-refractivity contribution in [1.29, 1.82) is 0 Å². The summed E-state index contributed by atoms with van der Waals surface area (Å²) in [5.41, 5.74) is 6.12. The molecule has 0 aliphatic heterocycles. The van der Waals surface area contributed by atoms with Gasteiger partial charge in [-0.15, -0.1) is 0 Å². The number of nitrogen functional groups attached to an aromatic ring is 1. The zero-order valence-corrected chi connectivity index (χ0v) is 13.6. The molecule has 0 spiro atoms. The Morgan fingerprint density at radius 1 is 1.25 bits per heavy atom. The van der Waals surface area contributed by atoms with Crippen LogP contribution in [0.25, 0.3) is 0 Å². The van der Waals surface area contributed by atoms with E-state index in [2.05, 4.69) is 4.98 Å². The van der Waals surface area contributed by atoms with Crippen LogP contribution in [0.5, 0.6) is 0 Å². The number of nitrogens with two attached hydrogens (primary N) is 1. The molecule has 130 valence electrons. The molecular weight excluding hydrogens is 312 g/mol. The number of aliphatic hydroxyl groups excluding tert-OH is 1. The molecule has 0 atom stereocenters. The average molecular weight is 334 g/mol. The van der Waals surface area contributed by atoms with Crippen molar-refractivity contribution in [2.24, 2.45) is 0 Å². The van der Waals surface area contributed by atoms with Crippen molar-refractivity contribution in [2.75, 3.05) is 44.0 Å². The number of rotatable bonds is 8. The first kappa shape index (κ1) is 17.8. The first-order chi connectivity index (χ1) is 11.5. The van der Waals surface area contributed by atoms with Gasteiger partial charge in [-0.05, 0) is 5.56 Å². The van der Waals surface area contributed by atoms with E-state index in [0.717, 1.165) is 5.56 Å². The largest absolute Gasteiger partial charge is 0.394 e. The molecule has 8 heteroatoms. The molecule has 0 radical (unpaired) electrons. The van der Waals surface area contributed by atoms with Crippen molar-refractivity contribution in [3.8, 4) is 0 Å². The summed E-state index contributed by atoms with van der Waals surface area (Å²) in [6, 6.07) is 9.38. The van der Waals surface area contributed by atoms with E-state index in [9.17, 15) is 9.59 Å². The van der Waals surface area contributed by atoms with Gasteiger partial charge < -0.3 is 20.5 Å². The van der Waals surface area contributed by atoms with Crippen LogP contribution in [0.4, 0.5) is 11.5 Å². The predicted octanol–water partition coefficient (Wildman–Crippen LogP) is -0.388. The Kier molecular flexibility index (Phi) is 6.16. The third kappa shape index (κ3) is 4.24. The van der Waals surface area contributed by atoms with Gasteiger partial charge in [0.1, 0.15) is 11.5 Å². The normalized spacial score (nSPS) is 10.8. The maximum Gasteiger partial charge on any atom is 0.330 e. The third-order valence-electron chi connectivity index (χ3n) is 3.59. The highest BCUT2D eigenvalue weighted by molar-refractivity contribution is 5.62. The molecule has 4 N–H and O–H groups in total.